The molecule has 0 saturated heterocycles. The Labute approximate surface area is 160 Å². The standard InChI is InChI=1S/C19H19BrN2O4/c1-25-15-9-12(10-16(26-2)17(15)20)19(24)22-13-5-3-11(4-6-13)18(23)21-14-7-8-14/h3-6,9-10,14H,7-8H2,1-2H3,(H,21,23)(H,22,24). The van der Waals surface area contributed by atoms with Crippen LogP contribution in [-0.2, 0) is 0 Å². The van der Waals surface area contributed by atoms with Crippen molar-refractivity contribution < 1.29 is 19.1 Å². The number of nitrogens with one attached hydrogen (secondary N) is 2. The lowest BCUT2D eigenvalue weighted by Crippen LogP contribution is -2.25. The molecule has 0 aliphatic heterocycles. The van der Waals surface area contributed by atoms with Crippen molar-refractivity contribution in [3.63, 3.8) is 0 Å². The van der Waals surface area contributed by atoms with Crippen LogP contribution in [0.25, 0.3) is 0 Å². The van der Waals surface area contributed by atoms with Crippen LogP contribution in [0.3, 0.4) is 0 Å². The van der Waals surface area contributed by atoms with E-state index in [0.29, 0.717) is 38.8 Å². The lowest BCUT2D eigenvalue weighted by atomic mass is 10.1. The Hall–Kier alpha value is -2.54. The fraction of sp³-hybridized carbons (Fsp3) is 0.263. The van der Waals surface area contributed by atoms with E-state index >= 15 is 0 Å². The van der Waals surface area contributed by atoms with Crippen LogP contribution < -0.4 is 20.1 Å². The molecule has 2 amide bonds. The van der Waals surface area contributed by atoms with Gasteiger partial charge in [-0.1, -0.05) is 0 Å². The van der Waals surface area contributed by atoms with Gasteiger partial charge in [-0.2, -0.15) is 0 Å². The molecule has 2 aromatic carbocycles. The molecular weight excluding hydrogens is 400 g/mol. The highest BCUT2D eigenvalue weighted by atomic mass is 79.9. The zero-order valence-electron chi connectivity index (χ0n) is 14.5. The minimum atomic E-state index is -0.302. The predicted octanol–water partition coefficient (Wildman–Crippen LogP) is 3.61. The van der Waals surface area contributed by atoms with Crippen molar-refractivity contribution in [1.29, 1.82) is 0 Å². The molecule has 3 rings (SSSR count). The molecule has 0 atom stereocenters. The fourth-order valence-electron chi connectivity index (χ4n) is 2.41. The highest BCUT2D eigenvalue weighted by molar-refractivity contribution is 9.10. The molecule has 0 bridgehead atoms. The minimum Gasteiger partial charge on any atom is -0.495 e. The summed E-state index contributed by atoms with van der Waals surface area (Å²) in [5.74, 6) is 0.611. The van der Waals surface area contributed by atoms with Gasteiger partial charge in [0.05, 0.1) is 14.2 Å². The van der Waals surface area contributed by atoms with E-state index in [2.05, 4.69) is 26.6 Å². The third-order valence-electron chi connectivity index (χ3n) is 4.03. The second-order valence-corrected chi connectivity index (χ2v) is 6.77. The first-order valence-corrected chi connectivity index (χ1v) is 8.95. The third-order valence-corrected chi connectivity index (χ3v) is 4.81. The lowest BCUT2D eigenvalue weighted by molar-refractivity contribution is 0.0950. The van der Waals surface area contributed by atoms with Gasteiger partial charge in [0.2, 0.25) is 0 Å². The minimum absolute atomic E-state index is 0.0900. The highest BCUT2D eigenvalue weighted by Gasteiger charge is 2.23. The van der Waals surface area contributed by atoms with Gasteiger partial charge in [-0.3, -0.25) is 9.59 Å². The Bertz CT molecular complexity index is 807. The molecule has 26 heavy (non-hydrogen) atoms. The molecule has 2 N–H and O–H groups in total. The Morgan fingerprint density at radius 1 is 0.962 bits per heavy atom. The zero-order chi connectivity index (χ0) is 18.7. The maximum atomic E-state index is 12.5. The van der Waals surface area contributed by atoms with Crippen molar-refractivity contribution in [1.82, 2.24) is 5.32 Å². The smallest absolute Gasteiger partial charge is 0.255 e. The fourth-order valence-corrected chi connectivity index (χ4v) is 2.96. The Morgan fingerprint density at radius 3 is 2.04 bits per heavy atom. The number of carbonyl (C=O) groups is 2. The van der Waals surface area contributed by atoms with Gasteiger partial charge in [0.1, 0.15) is 16.0 Å². The van der Waals surface area contributed by atoms with Crippen LogP contribution in [0.1, 0.15) is 33.6 Å². The van der Waals surface area contributed by atoms with Crippen LogP contribution in [0.15, 0.2) is 40.9 Å². The summed E-state index contributed by atoms with van der Waals surface area (Å²) in [7, 11) is 3.04. The molecule has 2 aromatic rings. The Balaban J connectivity index is 1.72. The van der Waals surface area contributed by atoms with E-state index in [1.165, 1.54) is 14.2 Å². The zero-order valence-corrected chi connectivity index (χ0v) is 16.1. The molecule has 1 saturated carbocycles. The largest absolute Gasteiger partial charge is 0.495 e. The SMILES string of the molecule is COc1cc(C(=O)Nc2ccc(C(=O)NC3CC3)cc2)cc(OC)c1Br. The number of hydrogen-bond acceptors (Lipinski definition) is 4. The van der Waals surface area contributed by atoms with Gasteiger partial charge < -0.3 is 20.1 Å². The van der Waals surface area contributed by atoms with E-state index in [-0.39, 0.29) is 11.8 Å². The number of anilines is 1. The molecule has 1 aliphatic rings. The van der Waals surface area contributed by atoms with Crippen molar-refractivity contribution in [2.45, 2.75) is 18.9 Å². The van der Waals surface area contributed by atoms with E-state index < -0.39 is 0 Å². The number of halogens is 1. The van der Waals surface area contributed by atoms with Gasteiger partial charge in [0.25, 0.3) is 11.8 Å². The van der Waals surface area contributed by atoms with Gasteiger partial charge in [-0.05, 0) is 65.2 Å². The number of benzene rings is 2. The molecule has 6 nitrogen and oxygen atoms in total. The number of carbonyl (C=O) groups excluding carboxylic acids is 2. The summed E-state index contributed by atoms with van der Waals surface area (Å²) in [6.45, 7) is 0. The topological polar surface area (TPSA) is 76.7 Å². The van der Waals surface area contributed by atoms with E-state index in [1.54, 1.807) is 36.4 Å². The second kappa shape index (κ2) is 7.78. The molecule has 7 heteroatoms. The average Bonchev–Trinajstić information content (AvgIpc) is 3.46. The summed E-state index contributed by atoms with van der Waals surface area (Å²) in [5.41, 5.74) is 1.57. The van der Waals surface area contributed by atoms with Crippen molar-refractivity contribution in [2.24, 2.45) is 0 Å². The molecule has 1 aliphatic carbocycles. The Morgan fingerprint density at radius 2 is 1.54 bits per heavy atom. The molecule has 0 aromatic heterocycles. The van der Waals surface area contributed by atoms with Crippen LogP contribution >= 0.6 is 15.9 Å². The predicted molar refractivity (Wildman–Crippen MR) is 102 cm³/mol. The van der Waals surface area contributed by atoms with E-state index in [9.17, 15) is 9.59 Å². The summed E-state index contributed by atoms with van der Waals surface area (Å²) in [4.78, 5) is 24.5. The number of ether oxygens (including phenoxy) is 2. The van der Waals surface area contributed by atoms with Crippen LogP contribution in [0.4, 0.5) is 5.69 Å². The first-order valence-electron chi connectivity index (χ1n) is 8.15. The maximum Gasteiger partial charge on any atom is 0.255 e. The van der Waals surface area contributed by atoms with Gasteiger partial charge in [0, 0.05) is 22.9 Å². The Kier molecular flexibility index (Phi) is 5.46. The van der Waals surface area contributed by atoms with Gasteiger partial charge >= 0.3 is 0 Å². The van der Waals surface area contributed by atoms with Gasteiger partial charge in [-0.15, -0.1) is 0 Å². The average molecular weight is 419 g/mol. The van der Waals surface area contributed by atoms with Gasteiger partial charge in [0.15, 0.2) is 0 Å². The van der Waals surface area contributed by atoms with Crippen LogP contribution in [0.2, 0.25) is 0 Å². The quantitative estimate of drug-likeness (QED) is 0.750. The number of methoxy groups -OCH3 is 2. The highest BCUT2D eigenvalue weighted by Crippen LogP contribution is 2.35. The molecule has 0 spiro atoms. The number of rotatable bonds is 6. The number of amides is 2. The van der Waals surface area contributed by atoms with Crippen molar-refractivity contribution in [2.75, 3.05) is 19.5 Å². The molecule has 0 unspecified atom stereocenters. The van der Waals surface area contributed by atoms with Gasteiger partial charge in [-0.25, -0.2) is 0 Å². The van der Waals surface area contributed by atoms with Crippen molar-refractivity contribution >= 4 is 33.4 Å². The van der Waals surface area contributed by atoms with Crippen LogP contribution in [0.5, 0.6) is 11.5 Å². The molecule has 136 valence electrons. The van der Waals surface area contributed by atoms with Crippen molar-refractivity contribution in [3.05, 3.63) is 52.0 Å². The molecule has 1 fully saturated rings. The summed E-state index contributed by atoms with van der Waals surface area (Å²) >= 11 is 3.37. The van der Waals surface area contributed by atoms with Crippen LogP contribution in [-0.4, -0.2) is 32.1 Å². The molecule has 0 radical (unpaired) electrons. The summed E-state index contributed by atoms with van der Waals surface area (Å²) in [6.07, 6.45) is 2.08. The molecule has 0 heterocycles. The summed E-state index contributed by atoms with van der Waals surface area (Å²) < 4.78 is 11.2. The summed E-state index contributed by atoms with van der Waals surface area (Å²) in [5, 5.41) is 5.73. The number of hydrogen-bond donors (Lipinski definition) is 2. The summed E-state index contributed by atoms with van der Waals surface area (Å²) in [6, 6.07) is 10.3. The van der Waals surface area contributed by atoms with E-state index in [1.807, 2.05) is 0 Å². The third kappa shape index (κ3) is 4.16. The first-order chi connectivity index (χ1) is 12.5. The van der Waals surface area contributed by atoms with E-state index in [4.69, 9.17) is 9.47 Å². The second-order valence-electron chi connectivity index (χ2n) is 5.97. The lowest BCUT2D eigenvalue weighted by Gasteiger charge is -2.12. The monoisotopic (exact) mass is 418 g/mol. The van der Waals surface area contributed by atoms with Crippen LogP contribution in [0, 0.1) is 0 Å². The van der Waals surface area contributed by atoms with Crippen molar-refractivity contribution in [3.8, 4) is 11.5 Å². The van der Waals surface area contributed by atoms with E-state index in [0.717, 1.165) is 12.8 Å². The first kappa shape index (κ1) is 18.3. The maximum absolute atomic E-state index is 12.5. The molecular formula is C19H19BrN2O4. The normalized spacial score (nSPS) is 13.0.